The van der Waals surface area contributed by atoms with Crippen molar-refractivity contribution >= 4 is 11.9 Å². The van der Waals surface area contributed by atoms with Gasteiger partial charge in [-0.3, -0.25) is 4.79 Å². The van der Waals surface area contributed by atoms with Gasteiger partial charge >= 0.3 is 5.97 Å². The first kappa shape index (κ1) is 24.4. The van der Waals surface area contributed by atoms with E-state index < -0.39 is 36.1 Å². The number of carbonyl (C=O) groups excluding carboxylic acids is 2. The Bertz CT molecular complexity index is 973. The molecule has 0 unspecified atom stereocenters. The molecule has 6 nitrogen and oxygen atoms in total. The zero-order chi connectivity index (χ0) is 24.0. The van der Waals surface area contributed by atoms with Crippen LogP contribution in [0.15, 0.2) is 86.0 Å². The molecule has 174 valence electrons. The number of benzene rings is 2. The van der Waals surface area contributed by atoms with Crippen LogP contribution in [-0.4, -0.2) is 46.9 Å². The highest BCUT2D eigenvalue weighted by atomic mass is 16.8. The molecule has 0 spiro atoms. The molecule has 0 N–H and O–H groups in total. The van der Waals surface area contributed by atoms with Crippen molar-refractivity contribution in [2.24, 2.45) is 0 Å². The molecule has 1 aliphatic rings. The Labute approximate surface area is 195 Å². The Morgan fingerprint density at radius 3 is 2.21 bits per heavy atom. The van der Waals surface area contributed by atoms with Gasteiger partial charge in [-0.15, -0.1) is 6.58 Å². The second-order valence-corrected chi connectivity index (χ2v) is 8.40. The maximum absolute atomic E-state index is 12.9. The van der Waals surface area contributed by atoms with Crippen molar-refractivity contribution in [2.45, 2.75) is 57.5 Å². The third-order valence-corrected chi connectivity index (χ3v) is 5.51. The van der Waals surface area contributed by atoms with Crippen molar-refractivity contribution in [1.29, 1.82) is 0 Å². The van der Waals surface area contributed by atoms with Gasteiger partial charge in [0, 0.05) is 13.5 Å². The molecule has 1 heterocycles. The van der Waals surface area contributed by atoms with E-state index in [2.05, 4.69) is 13.2 Å². The number of ether oxygens (including phenoxy) is 3. The van der Waals surface area contributed by atoms with Gasteiger partial charge in [-0.2, -0.15) is 0 Å². The van der Waals surface area contributed by atoms with Crippen LogP contribution in [0.2, 0.25) is 0 Å². The van der Waals surface area contributed by atoms with Gasteiger partial charge in [-0.05, 0) is 37.6 Å². The van der Waals surface area contributed by atoms with Gasteiger partial charge in [0.25, 0.3) is 0 Å². The second-order valence-electron chi connectivity index (χ2n) is 8.40. The second kappa shape index (κ2) is 10.6. The Hall–Kier alpha value is -3.22. The lowest BCUT2D eigenvalue weighted by Gasteiger charge is -2.39. The predicted molar refractivity (Wildman–Crippen MR) is 126 cm³/mol. The molecular formula is C27H31NO5. The van der Waals surface area contributed by atoms with E-state index >= 15 is 0 Å². The number of esters is 1. The summed E-state index contributed by atoms with van der Waals surface area (Å²) in [5.74, 6) is -1.60. The number of rotatable bonds is 9. The SMILES string of the molecule is C=C[C@H](OC(=O)c1ccccc1)[C@H]([C@@H]1OC(C)(C)O[C@@H]1C=C)N(Cc1ccccc1)C(C)=O. The lowest BCUT2D eigenvalue weighted by Crippen LogP contribution is -2.55. The van der Waals surface area contributed by atoms with Gasteiger partial charge in [0.1, 0.15) is 24.4 Å². The first-order valence-corrected chi connectivity index (χ1v) is 10.9. The average Bonchev–Trinajstić information content (AvgIpc) is 3.13. The number of hydrogen-bond acceptors (Lipinski definition) is 5. The van der Waals surface area contributed by atoms with Crippen molar-refractivity contribution in [3.8, 4) is 0 Å². The third kappa shape index (κ3) is 5.97. The molecule has 33 heavy (non-hydrogen) atoms. The Morgan fingerprint density at radius 1 is 1.06 bits per heavy atom. The molecular weight excluding hydrogens is 418 g/mol. The molecule has 1 fully saturated rings. The van der Waals surface area contributed by atoms with Gasteiger partial charge < -0.3 is 19.1 Å². The lowest BCUT2D eigenvalue weighted by molar-refractivity contribution is -0.160. The Morgan fingerprint density at radius 2 is 1.67 bits per heavy atom. The number of amides is 1. The van der Waals surface area contributed by atoms with E-state index in [0.717, 1.165) is 5.56 Å². The van der Waals surface area contributed by atoms with Crippen LogP contribution in [0.5, 0.6) is 0 Å². The van der Waals surface area contributed by atoms with Gasteiger partial charge in [0.2, 0.25) is 5.91 Å². The van der Waals surface area contributed by atoms with Gasteiger partial charge in [-0.25, -0.2) is 4.79 Å². The van der Waals surface area contributed by atoms with Crippen LogP contribution in [0.1, 0.15) is 36.7 Å². The van der Waals surface area contributed by atoms with Gasteiger partial charge in [0.05, 0.1) is 5.56 Å². The van der Waals surface area contributed by atoms with Crippen LogP contribution < -0.4 is 0 Å². The fraction of sp³-hybridized carbons (Fsp3) is 0.333. The van der Waals surface area contributed by atoms with Crippen LogP contribution in [-0.2, 0) is 25.5 Å². The third-order valence-electron chi connectivity index (χ3n) is 5.51. The molecule has 1 aliphatic heterocycles. The minimum Gasteiger partial charge on any atom is -0.452 e. The molecule has 2 aromatic carbocycles. The zero-order valence-corrected chi connectivity index (χ0v) is 19.3. The summed E-state index contributed by atoms with van der Waals surface area (Å²) in [5, 5.41) is 0. The predicted octanol–water partition coefficient (Wildman–Crippen LogP) is 4.52. The standard InChI is InChI=1S/C27H31NO5/c1-6-22(31-26(30)21-16-12-9-13-17-21)24(25-23(7-2)32-27(4,5)33-25)28(19(3)29)18-20-14-10-8-11-15-20/h6-17,22-25H,1-2,18H2,3-5H3/t22-,23+,24+,25+/m0/s1. The van der Waals surface area contributed by atoms with Crippen molar-refractivity contribution < 1.29 is 23.8 Å². The van der Waals surface area contributed by atoms with Crippen LogP contribution in [0.4, 0.5) is 0 Å². The molecule has 1 saturated heterocycles. The molecule has 0 saturated carbocycles. The molecule has 0 aromatic heterocycles. The van der Waals surface area contributed by atoms with Crippen molar-refractivity contribution in [3.63, 3.8) is 0 Å². The smallest absolute Gasteiger partial charge is 0.338 e. The number of nitrogens with zero attached hydrogens (tertiary/aromatic N) is 1. The summed E-state index contributed by atoms with van der Waals surface area (Å²) < 4.78 is 18.1. The van der Waals surface area contributed by atoms with Crippen molar-refractivity contribution in [2.75, 3.05) is 0 Å². The molecule has 0 radical (unpaired) electrons. The lowest BCUT2D eigenvalue weighted by atomic mass is 9.96. The maximum atomic E-state index is 12.9. The largest absolute Gasteiger partial charge is 0.452 e. The Kier molecular flexibility index (Phi) is 7.84. The molecule has 2 aromatic rings. The first-order chi connectivity index (χ1) is 15.8. The molecule has 0 aliphatic carbocycles. The van der Waals surface area contributed by atoms with Gasteiger partial charge in [-0.1, -0.05) is 61.2 Å². The van der Waals surface area contributed by atoms with Crippen LogP contribution in [0.25, 0.3) is 0 Å². The summed E-state index contributed by atoms with van der Waals surface area (Å²) in [6, 6.07) is 17.6. The fourth-order valence-corrected chi connectivity index (χ4v) is 4.04. The number of hydrogen-bond donors (Lipinski definition) is 0. The topological polar surface area (TPSA) is 65.1 Å². The average molecular weight is 450 g/mol. The van der Waals surface area contributed by atoms with E-state index in [9.17, 15) is 9.59 Å². The minimum absolute atomic E-state index is 0.192. The highest BCUT2D eigenvalue weighted by molar-refractivity contribution is 5.89. The van der Waals surface area contributed by atoms with E-state index in [1.165, 1.54) is 13.0 Å². The maximum Gasteiger partial charge on any atom is 0.338 e. The summed E-state index contributed by atoms with van der Waals surface area (Å²) >= 11 is 0. The van der Waals surface area contributed by atoms with Crippen molar-refractivity contribution in [1.82, 2.24) is 4.90 Å². The Balaban J connectivity index is 2.00. The molecule has 0 bridgehead atoms. The quantitative estimate of drug-likeness (QED) is 0.416. The summed E-state index contributed by atoms with van der Waals surface area (Å²) in [6.45, 7) is 13.2. The first-order valence-electron chi connectivity index (χ1n) is 10.9. The molecule has 3 rings (SSSR count). The molecule has 6 heteroatoms. The highest BCUT2D eigenvalue weighted by Crippen LogP contribution is 2.35. The van der Waals surface area contributed by atoms with Crippen LogP contribution in [0.3, 0.4) is 0 Å². The summed E-state index contributed by atoms with van der Waals surface area (Å²) in [6.07, 6.45) is 1.18. The highest BCUT2D eigenvalue weighted by Gasteiger charge is 2.49. The van der Waals surface area contributed by atoms with Crippen molar-refractivity contribution in [3.05, 3.63) is 97.1 Å². The normalized spacial score (nSPS) is 20.9. The van der Waals surface area contributed by atoms with Crippen LogP contribution >= 0.6 is 0 Å². The molecule has 4 atom stereocenters. The van der Waals surface area contributed by atoms with E-state index in [1.807, 2.05) is 36.4 Å². The number of carbonyl (C=O) groups is 2. The van der Waals surface area contributed by atoms with E-state index in [1.54, 1.807) is 49.1 Å². The molecule has 1 amide bonds. The monoisotopic (exact) mass is 449 g/mol. The zero-order valence-electron chi connectivity index (χ0n) is 19.3. The van der Waals surface area contributed by atoms with E-state index in [4.69, 9.17) is 14.2 Å². The summed E-state index contributed by atoms with van der Waals surface area (Å²) in [5.41, 5.74) is 1.34. The van der Waals surface area contributed by atoms with E-state index in [-0.39, 0.29) is 5.91 Å². The van der Waals surface area contributed by atoms with Crippen LogP contribution in [0, 0.1) is 0 Å². The minimum atomic E-state index is -0.897. The summed E-state index contributed by atoms with van der Waals surface area (Å²) in [4.78, 5) is 27.4. The van der Waals surface area contributed by atoms with Gasteiger partial charge in [0.15, 0.2) is 5.79 Å². The fourth-order valence-electron chi connectivity index (χ4n) is 4.04. The van der Waals surface area contributed by atoms with E-state index in [0.29, 0.717) is 12.1 Å². The summed E-state index contributed by atoms with van der Waals surface area (Å²) in [7, 11) is 0.